The van der Waals surface area contributed by atoms with Gasteiger partial charge in [-0.25, -0.2) is 13.8 Å². The maximum absolute atomic E-state index is 13.5. The molecule has 196 valence electrons. The molecular weight excluding hydrogens is 543 g/mol. The Morgan fingerprint density at radius 1 is 0.947 bits per heavy atom. The first-order valence-corrected chi connectivity index (χ1v) is 13.9. The van der Waals surface area contributed by atoms with E-state index in [-0.39, 0.29) is 10.6 Å². The Bertz CT molecular complexity index is 1610. The normalized spacial score (nSPS) is 11.6. The first kappa shape index (κ1) is 27.4. The minimum atomic E-state index is -4.10. The number of anilines is 1. The van der Waals surface area contributed by atoms with Gasteiger partial charge in [-0.3, -0.25) is 9.10 Å². The van der Waals surface area contributed by atoms with Crippen molar-refractivity contribution in [2.45, 2.75) is 25.7 Å². The summed E-state index contributed by atoms with van der Waals surface area (Å²) >= 11 is 12.0. The van der Waals surface area contributed by atoms with Crippen LogP contribution < -0.4 is 9.73 Å². The van der Waals surface area contributed by atoms with Crippen molar-refractivity contribution >= 4 is 51.0 Å². The van der Waals surface area contributed by atoms with E-state index < -0.39 is 22.5 Å². The van der Waals surface area contributed by atoms with Crippen LogP contribution in [0.15, 0.2) is 88.9 Å². The molecule has 1 N–H and O–H groups in total. The smallest absolute Gasteiger partial charge is 0.264 e. The summed E-state index contributed by atoms with van der Waals surface area (Å²) in [6.45, 7) is 5.51. The van der Waals surface area contributed by atoms with Crippen LogP contribution in [0.2, 0.25) is 10.0 Å². The number of carbonyl (C=O) groups is 1. The molecule has 0 atom stereocenters. The van der Waals surface area contributed by atoms with Crippen molar-refractivity contribution in [1.29, 1.82) is 0 Å². The lowest BCUT2D eigenvalue weighted by Crippen LogP contribution is -2.39. The third-order valence-electron chi connectivity index (χ3n) is 6.00. The molecule has 0 spiro atoms. The van der Waals surface area contributed by atoms with Gasteiger partial charge in [0, 0.05) is 32.7 Å². The van der Waals surface area contributed by atoms with Gasteiger partial charge < -0.3 is 4.57 Å². The van der Waals surface area contributed by atoms with Crippen LogP contribution in [0.25, 0.3) is 5.69 Å². The lowest BCUT2D eigenvalue weighted by Gasteiger charge is -2.23. The van der Waals surface area contributed by atoms with Crippen LogP contribution in [0.4, 0.5) is 5.69 Å². The van der Waals surface area contributed by atoms with E-state index in [9.17, 15) is 13.2 Å². The first-order valence-electron chi connectivity index (χ1n) is 11.7. The van der Waals surface area contributed by atoms with Crippen molar-refractivity contribution in [3.8, 4) is 5.69 Å². The van der Waals surface area contributed by atoms with E-state index in [1.807, 2.05) is 51.1 Å². The molecule has 1 amide bonds. The number of nitrogens with one attached hydrogen (secondary N) is 1. The van der Waals surface area contributed by atoms with Gasteiger partial charge in [0.2, 0.25) is 0 Å². The molecule has 0 unspecified atom stereocenters. The molecule has 7 nitrogen and oxygen atoms in total. The summed E-state index contributed by atoms with van der Waals surface area (Å²) in [4.78, 5) is 12.9. The van der Waals surface area contributed by atoms with Gasteiger partial charge in [-0.15, -0.1) is 0 Å². The maximum Gasteiger partial charge on any atom is 0.264 e. The highest BCUT2D eigenvalue weighted by Crippen LogP contribution is 2.27. The second kappa shape index (κ2) is 11.4. The van der Waals surface area contributed by atoms with E-state index >= 15 is 0 Å². The number of hydrogen-bond acceptors (Lipinski definition) is 4. The third-order valence-corrected chi connectivity index (χ3v) is 8.28. The van der Waals surface area contributed by atoms with Crippen molar-refractivity contribution in [3.63, 3.8) is 0 Å². The number of benzene rings is 3. The van der Waals surface area contributed by atoms with Crippen molar-refractivity contribution < 1.29 is 13.2 Å². The minimum Gasteiger partial charge on any atom is -0.318 e. The summed E-state index contributed by atoms with van der Waals surface area (Å²) in [7, 11) is -4.10. The van der Waals surface area contributed by atoms with Crippen LogP contribution in [-0.4, -0.2) is 31.7 Å². The number of halogens is 2. The van der Waals surface area contributed by atoms with Gasteiger partial charge in [0.15, 0.2) is 0 Å². The Kier molecular flexibility index (Phi) is 8.26. The number of hydrazone groups is 1. The molecule has 0 bridgehead atoms. The van der Waals surface area contributed by atoms with E-state index in [4.69, 9.17) is 23.2 Å². The molecule has 10 heteroatoms. The zero-order valence-corrected chi connectivity index (χ0v) is 23.3. The fourth-order valence-corrected chi connectivity index (χ4v) is 5.85. The number of nitrogens with zero attached hydrogens (tertiary/aromatic N) is 3. The van der Waals surface area contributed by atoms with Crippen LogP contribution in [0.3, 0.4) is 0 Å². The van der Waals surface area contributed by atoms with Gasteiger partial charge in [0.1, 0.15) is 6.54 Å². The summed E-state index contributed by atoms with van der Waals surface area (Å²) in [5.41, 5.74) is 7.69. The highest BCUT2D eigenvalue weighted by atomic mass is 35.5. The van der Waals surface area contributed by atoms with Gasteiger partial charge in [-0.1, -0.05) is 47.5 Å². The molecule has 4 rings (SSSR count). The number of aromatic nitrogens is 1. The highest BCUT2D eigenvalue weighted by molar-refractivity contribution is 7.92. The Labute approximate surface area is 232 Å². The molecule has 38 heavy (non-hydrogen) atoms. The minimum absolute atomic E-state index is 0.0122. The predicted molar refractivity (Wildman–Crippen MR) is 153 cm³/mol. The predicted octanol–water partition coefficient (Wildman–Crippen LogP) is 6.05. The summed E-state index contributed by atoms with van der Waals surface area (Å²) < 4.78 is 30.0. The SMILES string of the molecule is Cc1ccccc1-n1c(C)cc(/C=N\NC(=O)CN(c2cccc(Cl)c2)S(=O)(=O)c2ccc(Cl)cc2)c1C. The standard InChI is InChI=1S/C28H26Cl2N4O3S/c1-19-7-4-5-10-27(19)34-20(2)15-22(21(34)3)17-31-32-28(35)18-33(25-9-6-8-24(30)16-25)38(36,37)26-13-11-23(29)12-14-26/h4-17H,18H2,1-3H3,(H,32,35)/b31-17-. The molecule has 0 aliphatic carbocycles. The van der Waals surface area contributed by atoms with E-state index in [1.165, 1.54) is 30.3 Å². The van der Waals surface area contributed by atoms with Gasteiger partial charge in [-0.2, -0.15) is 5.10 Å². The summed E-state index contributed by atoms with van der Waals surface area (Å²) in [6.07, 6.45) is 1.55. The summed E-state index contributed by atoms with van der Waals surface area (Å²) in [6, 6.07) is 22.0. The van der Waals surface area contributed by atoms with Gasteiger partial charge in [0.25, 0.3) is 15.9 Å². The monoisotopic (exact) mass is 568 g/mol. The number of rotatable bonds is 8. The molecule has 4 aromatic rings. The van der Waals surface area contributed by atoms with Crippen LogP contribution in [0.5, 0.6) is 0 Å². The number of hydrogen-bond donors (Lipinski definition) is 1. The summed E-state index contributed by atoms with van der Waals surface area (Å²) in [5.74, 6) is -0.619. The van der Waals surface area contributed by atoms with Crippen molar-refractivity contribution in [3.05, 3.63) is 111 Å². The second-order valence-electron chi connectivity index (χ2n) is 8.69. The quantitative estimate of drug-likeness (QED) is 0.207. The molecule has 1 aromatic heterocycles. The zero-order valence-electron chi connectivity index (χ0n) is 21.0. The van der Waals surface area contributed by atoms with Crippen molar-refractivity contribution in [2.24, 2.45) is 5.10 Å². The number of sulfonamides is 1. The lowest BCUT2D eigenvalue weighted by molar-refractivity contribution is -0.119. The zero-order chi connectivity index (χ0) is 27.4. The topological polar surface area (TPSA) is 83.8 Å². The molecule has 0 aliphatic rings. The molecular formula is C28H26Cl2N4O3S. The van der Waals surface area contributed by atoms with E-state index in [0.717, 1.165) is 32.5 Å². The Morgan fingerprint density at radius 3 is 2.34 bits per heavy atom. The first-order chi connectivity index (χ1) is 18.1. The van der Waals surface area contributed by atoms with E-state index in [0.29, 0.717) is 10.0 Å². The van der Waals surface area contributed by atoms with Crippen LogP contribution in [0, 0.1) is 20.8 Å². The Morgan fingerprint density at radius 2 is 1.66 bits per heavy atom. The third kappa shape index (κ3) is 5.93. The summed E-state index contributed by atoms with van der Waals surface area (Å²) in [5, 5.41) is 4.83. The number of aryl methyl sites for hydroxylation is 2. The number of carbonyl (C=O) groups excluding carboxylic acids is 1. The number of para-hydroxylation sites is 1. The van der Waals surface area contributed by atoms with Crippen LogP contribution in [-0.2, 0) is 14.8 Å². The second-order valence-corrected chi connectivity index (χ2v) is 11.4. The molecule has 0 saturated carbocycles. The van der Waals surface area contributed by atoms with E-state index in [2.05, 4.69) is 15.1 Å². The lowest BCUT2D eigenvalue weighted by atomic mass is 10.2. The fraction of sp³-hybridized carbons (Fsp3) is 0.143. The average molecular weight is 570 g/mol. The molecule has 1 heterocycles. The molecule has 0 aliphatic heterocycles. The number of amides is 1. The Balaban J connectivity index is 1.56. The molecule has 0 radical (unpaired) electrons. The van der Waals surface area contributed by atoms with Crippen LogP contribution >= 0.6 is 23.2 Å². The van der Waals surface area contributed by atoms with Crippen molar-refractivity contribution in [2.75, 3.05) is 10.8 Å². The Hall–Kier alpha value is -3.59. The fourth-order valence-electron chi connectivity index (χ4n) is 4.12. The van der Waals surface area contributed by atoms with Gasteiger partial charge >= 0.3 is 0 Å². The maximum atomic E-state index is 13.5. The van der Waals surface area contributed by atoms with Gasteiger partial charge in [-0.05, 0) is 80.9 Å². The average Bonchev–Trinajstić information content (AvgIpc) is 3.15. The van der Waals surface area contributed by atoms with E-state index in [1.54, 1.807) is 24.4 Å². The van der Waals surface area contributed by atoms with Crippen molar-refractivity contribution in [1.82, 2.24) is 9.99 Å². The molecule has 0 fully saturated rings. The van der Waals surface area contributed by atoms with Gasteiger partial charge in [0.05, 0.1) is 16.8 Å². The largest absolute Gasteiger partial charge is 0.318 e. The molecule has 0 saturated heterocycles. The molecule has 3 aromatic carbocycles. The van der Waals surface area contributed by atoms with Crippen LogP contribution in [0.1, 0.15) is 22.5 Å². The highest BCUT2D eigenvalue weighted by Gasteiger charge is 2.27.